The number of rotatable bonds is 7. The van der Waals surface area contributed by atoms with Crippen LogP contribution in [0, 0.1) is 6.92 Å². The molecule has 0 bridgehead atoms. The van der Waals surface area contributed by atoms with Crippen molar-refractivity contribution in [2.75, 3.05) is 48.9 Å². The molecule has 2 aromatic rings. The summed E-state index contributed by atoms with van der Waals surface area (Å²) in [7, 11) is 1.64. The maximum atomic E-state index is 12.6. The van der Waals surface area contributed by atoms with Crippen LogP contribution < -0.4 is 15.5 Å². The number of methoxy groups -OCH3 is 1. The highest BCUT2D eigenvalue weighted by atomic mass is 16.5. The van der Waals surface area contributed by atoms with Crippen molar-refractivity contribution in [1.29, 1.82) is 0 Å². The SMILES string of the molecule is COCCNc1cc(C(=O)Nc2ccc(N3CCCCC3)cc2)nc(C)n1. The number of benzene rings is 1. The molecule has 27 heavy (non-hydrogen) atoms. The fraction of sp³-hybridized carbons (Fsp3) is 0.450. The lowest BCUT2D eigenvalue weighted by Gasteiger charge is -2.28. The third kappa shape index (κ3) is 5.40. The fourth-order valence-corrected chi connectivity index (χ4v) is 3.16. The van der Waals surface area contributed by atoms with Gasteiger partial charge in [0.15, 0.2) is 0 Å². The van der Waals surface area contributed by atoms with E-state index in [-0.39, 0.29) is 5.91 Å². The highest BCUT2D eigenvalue weighted by Crippen LogP contribution is 2.22. The Bertz CT molecular complexity index is 757. The normalized spacial score (nSPS) is 14.1. The molecule has 1 saturated heterocycles. The van der Waals surface area contributed by atoms with Gasteiger partial charge in [-0.3, -0.25) is 4.79 Å². The summed E-state index contributed by atoms with van der Waals surface area (Å²) in [4.78, 5) is 23.5. The molecule has 0 atom stereocenters. The second kappa shape index (κ2) is 9.32. The summed E-state index contributed by atoms with van der Waals surface area (Å²) in [5.74, 6) is 0.911. The first kappa shape index (κ1) is 19.1. The molecule has 0 aliphatic carbocycles. The second-order valence-electron chi connectivity index (χ2n) is 6.65. The topological polar surface area (TPSA) is 79.4 Å². The standard InChI is InChI=1S/C20H27N5O2/c1-15-22-18(14-19(23-15)21-10-13-27-2)20(26)24-16-6-8-17(9-7-16)25-11-4-3-5-12-25/h6-9,14H,3-5,10-13H2,1-2H3,(H,24,26)(H,21,22,23). The third-order valence-corrected chi connectivity index (χ3v) is 4.53. The minimum atomic E-state index is -0.249. The number of aromatic nitrogens is 2. The Balaban J connectivity index is 1.64. The molecule has 2 N–H and O–H groups in total. The van der Waals surface area contributed by atoms with Gasteiger partial charge in [0.1, 0.15) is 17.3 Å². The van der Waals surface area contributed by atoms with E-state index in [1.165, 1.54) is 24.9 Å². The van der Waals surface area contributed by atoms with Gasteiger partial charge >= 0.3 is 0 Å². The summed E-state index contributed by atoms with van der Waals surface area (Å²) in [6, 6.07) is 9.65. The highest BCUT2D eigenvalue weighted by Gasteiger charge is 2.13. The van der Waals surface area contributed by atoms with Crippen LogP contribution in [0.4, 0.5) is 17.2 Å². The minimum Gasteiger partial charge on any atom is -0.383 e. The molecule has 1 amide bonds. The van der Waals surface area contributed by atoms with E-state index < -0.39 is 0 Å². The molecule has 7 heteroatoms. The van der Waals surface area contributed by atoms with Crippen LogP contribution in [-0.2, 0) is 4.74 Å². The number of aryl methyl sites for hydroxylation is 1. The molecule has 1 aliphatic heterocycles. The lowest BCUT2D eigenvalue weighted by molar-refractivity contribution is 0.102. The maximum Gasteiger partial charge on any atom is 0.274 e. The Morgan fingerprint density at radius 1 is 1.15 bits per heavy atom. The zero-order valence-corrected chi connectivity index (χ0v) is 16.0. The summed E-state index contributed by atoms with van der Waals surface area (Å²) in [6.45, 7) is 5.15. The van der Waals surface area contributed by atoms with Crippen molar-refractivity contribution in [3.05, 3.63) is 41.9 Å². The number of nitrogens with one attached hydrogen (secondary N) is 2. The Kier molecular flexibility index (Phi) is 6.59. The van der Waals surface area contributed by atoms with Crippen LogP contribution >= 0.6 is 0 Å². The molecular weight excluding hydrogens is 342 g/mol. The van der Waals surface area contributed by atoms with E-state index in [2.05, 4.69) is 37.6 Å². The second-order valence-corrected chi connectivity index (χ2v) is 6.65. The molecular formula is C20H27N5O2. The van der Waals surface area contributed by atoms with Crippen molar-refractivity contribution < 1.29 is 9.53 Å². The molecule has 1 fully saturated rings. The Labute approximate surface area is 160 Å². The molecule has 0 saturated carbocycles. The zero-order chi connectivity index (χ0) is 19.1. The number of amides is 1. The van der Waals surface area contributed by atoms with Crippen molar-refractivity contribution in [3.8, 4) is 0 Å². The number of hydrogen-bond donors (Lipinski definition) is 2. The number of piperidine rings is 1. The van der Waals surface area contributed by atoms with Crippen molar-refractivity contribution in [2.45, 2.75) is 26.2 Å². The van der Waals surface area contributed by atoms with Crippen LogP contribution in [0.3, 0.4) is 0 Å². The van der Waals surface area contributed by atoms with E-state index >= 15 is 0 Å². The van der Waals surface area contributed by atoms with E-state index in [1.54, 1.807) is 20.1 Å². The largest absolute Gasteiger partial charge is 0.383 e. The van der Waals surface area contributed by atoms with Gasteiger partial charge in [-0.2, -0.15) is 0 Å². The average molecular weight is 369 g/mol. The van der Waals surface area contributed by atoms with Crippen LogP contribution in [0.15, 0.2) is 30.3 Å². The summed E-state index contributed by atoms with van der Waals surface area (Å²) in [5, 5.41) is 6.04. The van der Waals surface area contributed by atoms with Gasteiger partial charge in [-0.15, -0.1) is 0 Å². The molecule has 0 unspecified atom stereocenters. The summed E-state index contributed by atoms with van der Waals surface area (Å²) >= 11 is 0. The average Bonchev–Trinajstić information content (AvgIpc) is 2.69. The van der Waals surface area contributed by atoms with Gasteiger partial charge in [0.05, 0.1) is 6.61 Å². The van der Waals surface area contributed by atoms with E-state index in [9.17, 15) is 4.79 Å². The lowest BCUT2D eigenvalue weighted by atomic mass is 10.1. The number of anilines is 3. The summed E-state index contributed by atoms with van der Waals surface area (Å²) in [5.41, 5.74) is 2.30. The Morgan fingerprint density at radius 2 is 1.89 bits per heavy atom. The monoisotopic (exact) mass is 369 g/mol. The van der Waals surface area contributed by atoms with Crippen molar-refractivity contribution >= 4 is 23.1 Å². The Morgan fingerprint density at radius 3 is 2.59 bits per heavy atom. The first-order valence-corrected chi connectivity index (χ1v) is 9.40. The van der Waals surface area contributed by atoms with Gasteiger partial charge < -0.3 is 20.3 Å². The number of carbonyl (C=O) groups excluding carboxylic acids is 1. The molecule has 1 aromatic heterocycles. The minimum absolute atomic E-state index is 0.249. The van der Waals surface area contributed by atoms with E-state index in [1.807, 2.05) is 12.1 Å². The smallest absolute Gasteiger partial charge is 0.274 e. The molecule has 3 rings (SSSR count). The summed E-state index contributed by atoms with van der Waals surface area (Å²) < 4.78 is 5.02. The zero-order valence-electron chi connectivity index (χ0n) is 16.0. The lowest BCUT2D eigenvalue weighted by Crippen LogP contribution is -2.29. The van der Waals surface area contributed by atoms with Crippen LogP contribution in [-0.4, -0.2) is 49.2 Å². The maximum absolute atomic E-state index is 12.6. The van der Waals surface area contributed by atoms with Crippen LogP contribution in [0.25, 0.3) is 0 Å². The highest BCUT2D eigenvalue weighted by molar-refractivity contribution is 6.03. The van der Waals surface area contributed by atoms with Crippen LogP contribution in [0.2, 0.25) is 0 Å². The van der Waals surface area contributed by atoms with Crippen LogP contribution in [0.1, 0.15) is 35.6 Å². The van der Waals surface area contributed by atoms with Gasteiger partial charge in [0, 0.05) is 44.2 Å². The number of ether oxygens (including phenoxy) is 1. The third-order valence-electron chi connectivity index (χ3n) is 4.53. The van der Waals surface area contributed by atoms with E-state index in [0.717, 1.165) is 18.8 Å². The van der Waals surface area contributed by atoms with Gasteiger partial charge in [-0.05, 0) is 50.5 Å². The molecule has 1 aromatic carbocycles. The van der Waals surface area contributed by atoms with Crippen molar-refractivity contribution in [3.63, 3.8) is 0 Å². The van der Waals surface area contributed by atoms with Gasteiger partial charge in [0.2, 0.25) is 0 Å². The predicted molar refractivity (Wildman–Crippen MR) is 108 cm³/mol. The van der Waals surface area contributed by atoms with Crippen molar-refractivity contribution in [1.82, 2.24) is 9.97 Å². The summed E-state index contributed by atoms with van der Waals surface area (Å²) in [6.07, 6.45) is 3.80. The molecule has 144 valence electrons. The number of hydrogen-bond acceptors (Lipinski definition) is 6. The van der Waals surface area contributed by atoms with Gasteiger partial charge in [-0.1, -0.05) is 0 Å². The van der Waals surface area contributed by atoms with Gasteiger partial charge in [0.25, 0.3) is 5.91 Å². The van der Waals surface area contributed by atoms with Gasteiger partial charge in [-0.25, -0.2) is 9.97 Å². The molecule has 7 nitrogen and oxygen atoms in total. The fourth-order valence-electron chi connectivity index (χ4n) is 3.16. The molecule has 0 radical (unpaired) electrons. The molecule has 2 heterocycles. The Hall–Kier alpha value is -2.67. The van der Waals surface area contributed by atoms with E-state index in [4.69, 9.17) is 4.74 Å². The number of carbonyl (C=O) groups is 1. The number of nitrogens with zero attached hydrogens (tertiary/aromatic N) is 3. The van der Waals surface area contributed by atoms with Crippen LogP contribution in [0.5, 0.6) is 0 Å². The first-order chi connectivity index (χ1) is 13.2. The molecule has 1 aliphatic rings. The van der Waals surface area contributed by atoms with Crippen molar-refractivity contribution in [2.24, 2.45) is 0 Å². The van der Waals surface area contributed by atoms with E-state index in [0.29, 0.717) is 30.5 Å². The quantitative estimate of drug-likeness (QED) is 0.730. The predicted octanol–water partition coefficient (Wildman–Crippen LogP) is 3.09. The molecule has 0 spiro atoms. The first-order valence-electron chi connectivity index (χ1n) is 9.40.